The summed E-state index contributed by atoms with van der Waals surface area (Å²) in [5.74, 6) is -0.0879. The Bertz CT molecular complexity index is 513. The van der Waals surface area contributed by atoms with Crippen molar-refractivity contribution in [1.82, 2.24) is 4.31 Å². The summed E-state index contributed by atoms with van der Waals surface area (Å²) < 4.78 is 26.3. The Morgan fingerprint density at radius 2 is 1.88 bits per heavy atom. The van der Waals surface area contributed by atoms with E-state index in [4.69, 9.17) is 0 Å². The second kappa shape index (κ2) is 4.88. The molecule has 1 aliphatic heterocycles. The number of piperidine rings is 1. The highest BCUT2D eigenvalue weighted by Crippen LogP contribution is 2.27. The van der Waals surface area contributed by atoms with Gasteiger partial charge in [0.15, 0.2) is 5.78 Å². The van der Waals surface area contributed by atoms with Gasteiger partial charge in [0.2, 0.25) is 0 Å². The normalized spacial score (nSPS) is 18.2. The van der Waals surface area contributed by atoms with E-state index in [1.807, 2.05) is 0 Å². The first kappa shape index (κ1) is 12.7. The number of thiophene rings is 1. The summed E-state index contributed by atoms with van der Waals surface area (Å²) in [5.41, 5.74) is 0. The minimum Gasteiger partial charge on any atom is -0.294 e. The van der Waals surface area contributed by atoms with E-state index in [-0.39, 0.29) is 9.99 Å². The third-order valence-corrected chi connectivity index (χ3v) is 6.39. The van der Waals surface area contributed by atoms with E-state index in [0.717, 1.165) is 30.6 Å². The summed E-state index contributed by atoms with van der Waals surface area (Å²) in [6.07, 6.45) is 2.93. The molecule has 0 atom stereocenters. The number of ketones is 1. The molecule has 0 radical (unpaired) electrons. The Labute approximate surface area is 105 Å². The monoisotopic (exact) mass is 273 g/mol. The first-order valence-electron chi connectivity index (χ1n) is 5.63. The molecule has 0 unspecified atom stereocenters. The number of Topliss-reactive ketones (excluding diaryl/α,β-unsaturated/α-hetero) is 1. The van der Waals surface area contributed by atoms with Gasteiger partial charge in [-0.3, -0.25) is 4.79 Å². The Morgan fingerprint density at radius 1 is 1.24 bits per heavy atom. The fourth-order valence-electron chi connectivity index (χ4n) is 1.88. The number of carbonyl (C=O) groups is 1. The van der Waals surface area contributed by atoms with Crippen LogP contribution in [0.25, 0.3) is 0 Å². The van der Waals surface area contributed by atoms with Gasteiger partial charge in [0.1, 0.15) is 4.21 Å². The molecule has 0 bridgehead atoms. The predicted octanol–water partition coefficient (Wildman–Crippen LogP) is 2.13. The SMILES string of the molecule is CC(=O)c1ccc(S(=O)(=O)N2CCCCC2)s1. The van der Waals surface area contributed by atoms with Gasteiger partial charge in [0.05, 0.1) is 4.88 Å². The Hall–Kier alpha value is -0.720. The van der Waals surface area contributed by atoms with Gasteiger partial charge >= 0.3 is 0 Å². The fraction of sp³-hybridized carbons (Fsp3) is 0.545. The molecule has 6 heteroatoms. The van der Waals surface area contributed by atoms with Crippen LogP contribution in [0.4, 0.5) is 0 Å². The van der Waals surface area contributed by atoms with Gasteiger partial charge < -0.3 is 0 Å². The zero-order valence-electron chi connectivity index (χ0n) is 9.68. The van der Waals surface area contributed by atoms with Crippen molar-refractivity contribution in [1.29, 1.82) is 0 Å². The maximum atomic E-state index is 12.2. The van der Waals surface area contributed by atoms with Crippen LogP contribution in [0.2, 0.25) is 0 Å². The standard InChI is InChI=1S/C11H15NO3S2/c1-9(13)10-5-6-11(16-10)17(14,15)12-7-3-2-4-8-12/h5-6H,2-4,7-8H2,1H3. The van der Waals surface area contributed by atoms with Gasteiger partial charge in [0.25, 0.3) is 10.0 Å². The molecular formula is C11H15NO3S2. The zero-order chi connectivity index (χ0) is 12.5. The van der Waals surface area contributed by atoms with Crippen LogP contribution >= 0.6 is 11.3 Å². The van der Waals surface area contributed by atoms with E-state index in [0.29, 0.717) is 18.0 Å². The highest BCUT2D eigenvalue weighted by Gasteiger charge is 2.27. The molecule has 1 aliphatic rings. The van der Waals surface area contributed by atoms with E-state index in [1.165, 1.54) is 17.3 Å². The lowest BCUT2D eigenvalue weighted by Gasteiger charge is -2.25. The molecule has 94 valence electrons. The minimum absolute atomic E-state index is 0.0879. The summed E-state index contributed by atoms with van der Waals surface area (Å²) in [4.78, 5) is 11.7. The smallest absolute Gasteiger partial charge is 0.252 e. The van der Waals surface area contributed by atoms with Crippen molar-refractivity contribution in [3.8, 4) is 0 Å². The lowest BCUT2D eigenvalue weighted by Crippen LogP contribution is -2.35. The van der Waals surface area contributed by atoms with Crippen molar-refractivity contribution in [3.63, 3.8) is 0 Å². The van der Waals surface area contributed by atoms with Gasteiger partial charge in [-0.05, 0) is 31.9 Å². The van der Waals surface area contributed by atoms with Crippen molar-refractivity contribution in [3.05, 3.63) is 17.0 Å². The molecule has 0 spiro atoms. The summed E-state index contributed by atoms with van der Waals surface area (Å²) in [7, 11) is -3.38. The van der Waals surface area contributed by atoms with Crippen LogP contribution in [-0.2, 0) is 10.0 Å². The Morgan fingerprint density at radius 3 is 2.41 bits per heavy atom. The third kappa shape index (κ3) is 2.59. The van der Waals surface area contributed by atoms with Crippen LogP contribution in [-0.4, -0.2) is 31.6 Å². The molecule has 1 aromatic heterocycles. The van der Waals surface area contributed by atoms with Gasteiger partial charge in [-0.25, -0.2) is 8.42 Å². The quantitative estimate of drug-likeness (QED) is 0.793. The summed E-state index contributed by atoms with van der Waals surface area (Å²) >= 11 is 1.06. The van der Waals surface area contributed by atoms with Crippen LogP contribution in [0.15, 0.2) is 16.3 Å². The van der Waals surface area contributed by atoms with Gasteiger partial charge in [0, 0.05) is 13.1 Å². The molecule has 1 fully saturated rings. The molecule has 2 rings (SSSR count). The van der Waals surface area contributed by atoms with Crippen LogP contribution in [0.3, 0.4) is 0 Å². The Kier molecular flexibility index (Phi) is 3.65. The highest BCUT2D eigenvalue weighted by molar-refractivity contribution is 7.91. The van der Waals surface area contributed by atoms with E-state index >= 15 is 0 Å². The van der Waals surface area contributed by atoms with Gasteiger partial charge in [-0.1, -0.05) is 6.42 Å². The van der Waals surface area contributed by atoms with Crippen molar-refractivity contribution in [2.24, 2.45) is 0 Å². The lowest BCUT2D eigenvalue weighted by atomic mass is 10.2. The molecule has 0 N–H and O–H groups in total. The maximum absolute atomic E-state index is 12.2. The van der Waals surface area contributed by atoms with E-state index in [2.05, 4.69) is 0 Å². The van der Waals surface area contributed by atoms with Gasteiger partial charge in [-0.2, -0.15) is 4.31 Å². The Balaban J connectivity index is 2.27. The molecule has 0 aliphatic carbocycles. The highest BCUT2D eigenvalue weighted by atomic mass is 32.2. The average molecular weight is 273 g/mol. The van der Waals surface area contributed by atoms with Crippen molar-refractivity contribution in [2.45, 2.75) is 30.4 Å². The molecular weight excluding hydrogens is 258 g/mol. The van der Waals surface area contributed by atoms with Crippen LogP contribution in [0, 0.1) is 0 Å². The van der Waals surface area contributed by atoms with E-state index in [9.17, 15) is 13.2 Å². The molecule has 17 heavy (non-hydrogen) atoms. The zero-order valence-corrected chi connectivity index (χ0v) is 11.3. The van der Waals surface area contributed by atoms with E-state index in [1.54, 1.807) is 6.07 Å². The molecule has 0 aromatic carbocycles. The number of hydrogen-bond donors (Lipinski definition) is 0. The summed E-state index contributed by atoms with van der Waals surface area (Å²) in [5, 5.41) is 0. The largest absolute Gasteiger partial charge is 0.294 e. The minimum atomic E-state index is -3.38. The molecule has 1 aromatic rings. The molecule has 1 saturated heterocycles. The molecule has 4 nitrogen and oxygen atoms in total. The number of sulfonamides is 1. The molecule has 0 amide bonds. The second-order valence-corrected chi connectivity index (χ2v) is 7.39. The fourth-order valence-corrected chi connectivity index (χ4v) is 4.75. The van der Waals surface area contributed by atoms with Gasteiger partial charge in [-0.15, -0.1) is 11.3 Å². The number of hydrogen-bond acceptors (Lipinski definition) is 4. The number of nitrogens with zero attached hydrogens (tertiary/aromatic N) is 1. The number of carbonyl (C=O) groups excluding carboxylic acids is 1. The van der Waals surface area contributed by atoms with Crippen LogP contribution in [0.1, 0.15) is 35.9 Å². The number of rotatable bonds is 3. The summed E-state index contributed by atoms with van der Waals surface area (Å²) in [6, 6.07) is 3.12. The van der Waals surface area contributed by atoms with E-state index < -0.39 is 10.0 Å². The summed E-state index contributed by atoms with van der Waals surface area (Å²) in [6.45, 7) is 2.63. The molecule has 2 heterocycles. The van der Waals surface area contributed by atoms with Crippen LogP contribution < -0.4 is 0 Å². The van der Waals surface area contributed by atoms with Crippen LogP contribution in [0.5, 0.6) is 0 Å². The first-order chi connectivity index (χ1) is 8.01. The first-order valence-corrected chi connectivity index (χ1v) is 7.88. The third-order valence-electron chi connectivity index (χ3n) is 2.84. The second-order valence-electron chi connectivity index (χ2n) is 4.14. The topological polar surface area (TPSA) is 54.5 Å². The average Bonchev–Trinajstić information content (AvgIpc) is 2.80. The lowest BCUT2D eigenvalue weighted by molar-refractivity contribution is 0.102. The molecule has 0 saturated carbocycles. The van der Waals surface area contributed by atoms with Crippen molar-refractivity contribution < 1.29 is 13.2 Å². The predicted molar refractivity (Wildman–Crippen MR) is 66.9 cm³/mol. The van der Waals surface area contributed by atoms with Crippen molar-refractivity contribution in [2.75, 3.05) is 13.1 Å². The maximum Gasteiger partial charge on any atom is 0.252 e. The van der Waals surface area contributed by atoms with Crippen molar-refractivity contribution >= 4 is 27.1 Å².